The lowest BCUT2D eigenvalue weighted by Gasteiger charge is -2.10. The molecule has 0 fully saturated rings. The van der Waals surface area contributed by atoms with Crippen LogP contribution in [0.4, 0.5) is 0 Å². The Kier molecular flexibility index (Phi) is 4.95. The molecule has 0 radical (unpaired) electrons. The van der Waals surface area contributed by atoms with E-state index in [1.165, 1.54) is 5.56 Å². The molecule has 1 heterocycles. The summed E-state index contributed by atoms with van der Waals surface area (Å²) in [6.07, 6.45) is 2.72. The van der Waals surface area contributed by atoms with Crippen LogP contribution in [0.3, 0.4) is 0 Å². The second-order valence-corrected chi connectivity index (χ2v) is 5.34. The third kappa shape index (κ3) is 3.48. The fourth-order valence-electron chi connectivity index (χ4n) is 1.73. The van der Waals surface area contributed by atoms with Crippen LogP contribution >= 0.6 is 15.9 Å². The summed E-state index contributed by atoms with van der Waals surface area (Å²) in [6, 6.07) is 8.26. The van der Waals surface area contributed by atoms with Crippen LogP contribution in [0.2, 0.25) is 0 Å². The molecule has 2 aromatic rings. The number of nitrogens with zero attached hydrogens (tertiary/aromatic N) is 2. The Morgan fingerprint density at radius 1 is 1.25 bits per heavy atom. The first kappa shape index (κ1) is 14.8. The van der Waals surface area contributed by atoms with Gasteiger partial charge in [0.2, 0.25) is 5.88 Å². The van der Waals surface area contributed by atoms with E-state index in [2.05, 4.69) is 51.9 Å². The van der Waals surface area contributed by atoms with Crippen molar-refractivity contribution in [2.24, 2.45) is 0 Å². The van der Waals surface area contributed by atoms with Crippen molar-refractivity contribution in [1.82, 2.24) is 9.97 Å². The van der Waals surface area contributed by atoms with Gasteiger partial charge in [-0.25, -0.2) is 4.98 Å². The molecule has 4 nitrogen and oxygen atoms in total. The fraction of sp³-hybridized carbons (Fsp3) is 0.333. The molecular formula is C15H17BrN2O2. The SMILES string of the molecule is CCC(C)c1ccc(Oc2ncc(Br)c(OC)n2)cc1. The minimum absolute atomic E-state index is 0.265. The molecule has 0 spiro atoms. The molecule has 1 unspecified atom stereocenters. The van der Waals surface area contributed by atoms with Gasteiger partial charge in [0, 0.05) is 0 Å². The Morgan fingerprint density at radius 2 is 1.95 bits per heavy atom. The third-order valence-electron chi connectivity index (χ3n) is 3.15. The molecule has 1 aromatic heterocycles. The molecule has 0 aliphatic carbocycles. The Morgan fingerprint density at radius 3 is 2.55 bits per heavy atom. The summed E-state index contributed by atoms with van der Waals surface area (Å²) in [4.78, 5) is 8.25. The number of hydrogen-bond donors (Lipinski definition) is 0. The number of rotatable bonds is 5. The Labute approximate surface area is 127 Å². The highest BCUT2D eigenvalue weighted by Crippen LogP contribution is 2.27. The van der Waals surface area contributed by atoms with Gasteiger partial charge in [-0.05, 0) is 46.0 Å². The van der Waals surface area contributed by atoms with Gasteiger partial charge in [0.25, 0.3) is 0 Å². The lowest BCUT2D eigenvalue weighted by atomic mass is 9.99. The van der Waals surface area contributed by atoms with Crippen LogP contribution in [0.1, 0.15) is 31.7 Å². The number of hydrogen-bond acceptors (Lipinski definition) is 4. The lowest BCUT2D eigenvalue weighted by molar-refractivity contribution is 0.373. The van der Waals surface area contributed by atoms with Gasteiger partial charge < -0.3 is 9.47 Å². The molecule has 0 saturated carbocycles. The summed E-state index contributed by atoms with van der Waals surface area (Å²) in [5.41, 5.74) is 1.30. The first-order chi connectivity index (χ1) is 9.63. The predicted octanol–water partition coefficient (Wildman–Crippen LogP) is 4.55. The minimum atomic E-state index is 0.265. The van der Waals surface area contributed by atoms with Crippen molar-refractivity contribution in [2.45, 2.75) is 26.2 Å². The van der Waals surface area contributed by atoms with E-state index < -0.39 is 0 Å². The molecular weight excluding hydrogens is 320 g/mol. The molecule has 0 bridgehead atoms. The minimum Gasteiger partial charge on any atom is -0.480 e. The van der Waals surface area contributed by atoms with E-state index in [0.29, 0.717) is 22.0 Å². The molecule has 1 aromatic carbocycles. The van der Waals surface area contributed by atoms with Gasteiger partial charge in [0.1, 0.15) is 5.75 Å². The first-order valence-electron chi connectivity index (χ1n) is 6.48. The van der Waals surface area contributed by atoms with Crippen LogP contribution < -0.4 is 9.47 Å². The second kappa shape index (κ2) is 6.70. The zero-order valence-electron chi connectivity index (χ0n) is 11.8. The van der Waals surface area contributed by atoms with Crippen molar-refractivity contribution >= 4 is 15.9 Å². The summed E-state index contributed by atoms with van der Waals surface area (Å²) in [7, 11) is 1.55. The average Bonchev–Trinajstić information content (AvgIpc) is 2.49. The van der Waals surface area contributed by atoms with Gasteiger partial charge in [-0.2, -0.15) is 4.98 Å². The summed E-state index contributed by atoms with van der Waals surface area (Å²) >= 11 is 3.30. The Bertz CT molecular complexity index is 573. The second-order valence-electron chi connectivity index (χ2n) is 4.49. The van der Waals surface area contributed by atoms with Gasteiger partial charge >= 0.3 is 6.01 Å². The molecule has 0 aliphatic rings. The zero-order valence-corrected chi connectivity index (χ0v) is 13.3. The van der Waals surface area contributed by atoms with Gasteiger partial charge in [-0.3, -0.25) is 0 Å². The molecule has 106 valence electrons. The summed E-state index contributed by atoms with van der Waals surface area (Å²) in [5.74, 6) is 1.71. The largest absolute Gasteiger partial charge is 0.480 e. The summed E-state index contributed by atoms with van der Waals surface area (Å²) in [6.45, 7) is 4.38. The van der Waals surface area contributed by atoms with Crippen LogP contribution in [0, 0.1) is 0 Å². The van der Waals surface area contributed by atoms with Gasteiger partial charge in [0.05, 0.1) is 17.8 Å². The van der Waals surface area contributed by atoms with Crippen LogP contribution in [-0.2, 0) is 0 Å². The lowest BCUT2D eigenvalue weighted by Crippen LogP contribution is -1.96. The smallest absolute Gasteiger partial charge is 0.325 e. The van der Waals surface area contributed by atoms with Crippen molar-refractivity contribution in [3.05, 3.63) is 40.5 Å². The molecule has 0 N–H and O–H groups in total. The Hall–Kier alpha value is -1.62. The van der Waals surface area contributed by atoms with E-state index in [-0.39, 0.29) is 6.01 Å². The predicted molar refractivity (Wildman–Crippen MR) is 81.5 cm³/mol. The summed E-state index contributed by atoms with van der Waals surface area (Å²) < 4.78 is 11.4. The van der Waals surface area contributed by atoms with E-state index in [9.17, 15) is 0 Å². The van der Waals surface area contributed by atoms with Crippen molar-refractivity contribution in [2.75, 3.05) is 7.11 Å². The monoisotopic (exact) mass is 336 g/mol. The van der Waals surface area contributed by atoms with Crippen molar-refractivity contribution in [1.29, 1.82) is 0 Å². The highest BCUT2D eigenvalue weighted by molar-refractivity contribution is 9.10. The molecule has 0 saturated heterocycles. The van der Waals surface area contributed by atoms with Crippen LogP contribution in [0.15, 0.2) is 34.9 Å². The van der Waals surface area contributed by atoms with Gasteiger partial charge in [0.15, 0.2) is 0 Å². The van der Waals surface area contributed by atoms with Crippen LogP contribution in [-0.4, -0.2) is 17.1 Å². The maximum absolute atomic E-state index is 5.62. The van der Waals surface area contributed by atoms with E-state index in [1.54, 1.807) is 13.3 Å². The van der Waals surface area contributed by atoms with E-state index in [4.69, 9.17) is 9.47 Å². The van der Waals surface area contributed by atoms with Gasteiger partial charge in [-0.15, -0.1) is 0 Å². The fourth-order valence-corrected chi connectivity index (χ4v) is 2.09. The Balaban J connectivity index is 2.14. The van der Waals surface area contributed by atoms with Crippen LogP contribution in [0.25, 0.3) is 0 Å². The zero-order chi connectivity index (χ0) is 14.5. The quantitative estimate of drug-likeness (QED) is 0.803. The molecule has 0 aliphatic heterocycles. The van der Waals surface area contributed by atoms with E-state index in [1.807, 2.05) is 12.1 Å². The molecule has 5 heteroatoms. The maximum Gasteiger partial charge on any atom is 0.325 e. The number of benzene rings is 1. The van der Waals surface area contributed by atoms with Gasteiger partial charge in [-0.1, -0.05) is 26.0 Å². The molecule has 0 amide bonds. The average molecular weight is 337 g/mol. The summed E-state index contributed by atoms with van der Waals surface area (Å²) in [5, 5.41) is 0. The van der Waals surface area contributed by atoms with Crippen molar-refractivity contribution in [3.8, 4) is 17.6 Å². The number of ether oxygens (including phenoxy) is 2. The molecule has 1 atom stereocenters. The highest BCUT2D eigenvalue weighted by atomic mass is 79.9. The van der Waals surface area contributed by atoms with Crippen LogP contribution in [0.5, 0.6) is 17.6 Å². The standard InChI is InChI=1S/C15H17BrN2O2/c1-4-10(2)11-5-7-12(8-6-11)20-15-17-9-13(16)14(18-15)19-3/h5-10H,4H2,1-3H3. The number of aromatic nitrogens is 2. The maximum atomic E-state index is 5.62. The van der Waals surface area contributed by atoms with Crippen molar-refractivity contribution in [3.63, 3.8) is 0 Å². The van der Waals surface area contributed by atoms with Crippen molar-refractivity contribution < 1.29 is 9.47 Å². The number of halogens is 1. The topological polar surface area (TPSA) is 44.2 Å². The highest BCUT2D eigenvalue weighted by Gasteiger charge is 2.08. The first-order valence-corrected chi connectivity index (χ1v) is 7.27. The number of methoxy groups -OCH3 is 1. The van der Waals surface area contributed by atoms with E-state index in [0.717, 1.165) is 6.42 Å². The molecule has 20 heavy (non-hydrogen) atoms. The van der Waals surface area contributed by atoms with E-state index >= 15 is 0 Å². The molecule has 2 rings (SSSR count). The normalized spacial score (nSPS) is 12.0. The third-order valence-corrected chi connectivity index (χ3v) is 3.70.